The molecule has 1 aromatic heterocycles. The van der Waals surface area contributed by atoms with Crippen molar-refractivity contribution >= 4 is 49.1 Å². The molecule has 1 fully saturated rings. The van der Waals surface area contributed by atoms with Crippen molar-refractivity contribution in [2.75, 3.05) is 13.1 Å². The van der Waals surface area contributed by atoms with E-state index >= 15 is 0 Å². The Hall–Kier alpha value is -2.00. The lowest BCUT2D eigenvalue weighted by molar-refractivity contribution is -0.122. The largest absolute Gasteiger partial charge is 0.317 e. The van der Waals surface area contributed by atoms with E-state index in [0.29, 0.717) is 35.8 Å². The Morgan fingerprint density at radius 3 is 2.68 bits per heavy atom. The van der Waals surface area contributed by atoms with Crippen molar-refractivity contribution in [2.24, 2.45) is 10.9 Å². The van der Waals surface area contributed by atoms with Gasteiger partial charge in [-0.1, -0.05) is 40.6 Å². The molecule has 6 nitrogen and oxygen atoms in total. The molecule has 0 saturated carbocycles. The lowest BCUT2D eigenvalue weighted by Crippen LogP contribution is -2.42. The van der Waals surface area contributed by atoms with Crippen LogP contribution in [0.25, 0.3) is 10.2 Å². The molecule has 2 heterocycles. The van der Waals surface area contributed by atoms with Crippen LogP contribution in [0.1, 0.15) is 25.3 Å². The first-order valence-electron chi connectivity index (χ1n) is 10.2. The van der Waals surface area contributed by atoms with E-state index in [-0.39, 0.29) is 17.3 Å². The number of aryl methyl sites for hydroxylation is 2. The number of benzene rings is 2. The van der Waals surface area contributed by atoms with Gasteiger partial charge in [0.05, 0.1) is 21.0 Å². The van der Waals surface area contributed by atoms with Crippen LogP contribution in [0.2, 0.25) is 5.02 Å². The summed E-state index contributed by atoms with van der Waals surface area (Å²) in [6.07, 6.45) is 1.26. The van der Waals surface area contributed by atoms with Gasteiger partial charge in [0.15, 0.2) is 4.80 Å². The molecule has 1 unspecified atom stereocenters. The number of fused-ring (bicyclic) bond motifs is 1. The Balaban J connectivity index is 1.61. The van der Waals surface area contributed by atoms with E-state index in [2.05, 4.69) is 4.99 Å². The average molecular weight is 478 g/mol. The lowest BCUT2D eigenvalue weighted by atomic mass is 9.99. The van der Waals surface area contributed by atoms with Crippen LogP contribution in [0, 0.1) is 12.8 Å². The van der Waals surface area contributed by atoms with E-state index in [0.717, 1.165) is 15.8 Å². The predicted octanol–water partition coefficient (Wildman–Crippen LogP) is 4.21. The zero-order valence-electron chi connectivity index (χ0n) is 17.4. The van der Waals surface area contributed by atoms with Crippen LogP contribution in [-0.2, 0) is 21.4 Å². The molecule has 0 spiro atoms. The van der Waals surface area contributed by atoms with Crippen molar-refractivity contribution in [2.45, 2.75) is 38.1 Å². The summed E-state index contributed by atoms with van der Waals surface area (Å²) in [5.74, 6) is -0.725. The van der Waals surface area contributed by atoms with Crippen molar-refractivity contribution in [3.05, 3.63) is 57.9 Å². The molecule has 9 heteroatoms. The van der Waals surface area contributed by atoms with Crippen molar-refractivity contribution in [3.8, 4) is 0 Å². The topological polar surface area (TPSA) is 71.7 Å². The van der Waals surface area contributed by atoms with E-state index in [4.69, 9.17) is 11.6 Å². The maximum absolute atomic E-state index is 13.0. The number of carbonyl (C=O) groups excluding carboxylic acids is 1. The predicted molar refractivity (Wildman–Crippen MR) is 124 cm³/mol. The summed E-state index contributed by atoms with van der Waals surface area (Å²) in [6, 6.07) is 12.4. The van der Waals surface area contributed by atoms with Gasteiger partial charge in [-0.05, 0) is 57.0 Å². The molecule has 31 heavy (non-hydrogen) atoms. The first-order chi connectivity index (χ1) is 14.8. The summed E-state index contributed by atoms with van der Waals surface area (Å²) in [7, 11) is -3.63. The van der Waals surface area contributed by atoms with Gasteiger partial charge in [-0.2, -0.15) is 9.30 Å². The molecule has 1 aliphatic rings. The monoisotopic (exact) mass is 477 g/mol. The average Bonchev–Trinajstić information content (AvgIpc) is 3.10. The van der Waals surface area contributed by atoms with Gasteiger partial charge in [0.25, 0.3) is 5.91 Å². The SMILES string of the molecule is CCn1c(=NC(=O)C2CCCN(S(=O)(=O)c3ccc(C)cc3)C2)sc2cc(Cl)ccc21. The zero-order valence-corrected chi connectivity index (χ0v) is 19.8. The van der Waals surface area contributed by atoms with Crippen molar-refractivity contribution < 1.29 is 13.2 Å². The number of halogens is 1. The minimum absolute atomic E-state index is 0.154. The second kappa shape index (κ2) is 8.86. The smallest absolute Gasteiger partial charge is 0.252 e. The molecule has 1 saturated heterocycles. The van der Waals surface area contributed by atoms with Gasteiger partial charge in [-0.25, -0.2) is 8.42 Å². The molecular weight excluding hydrogens is 454 g/mol. The lowest BCUT2D eigenvalue weighted by Gasteiger charge is -2.30. The van der Waals surface area contributed by atoms with Gasteiger partial charge in [-0.15, -0.1) is 0 Å². The number of sulfonamides is 1. The molecule has 4 rings (SSSR count). The molecule has 0 N–H and O–H groups in total. The highest BCUT2D eigenvalue weighted by Crippen LogP contribution is 2.25. The Bertz CT molecular complexity index is 1290. The van der Waals surface area contributed by atoms with Crippen LogP contribution >= 0.6 is 22.9 Å². The number of thiazole rings is 1. The number of piperidine rings is 1. The van der Waals surface area contributed by atoms with E-state index in [9.17, 15) is 13.2 Å². The molecule has 164 valence electrons. The first kappa shape index (κ1) is 22.2. The highest BCUT2D eigenvalue weighted by Gasteiger charge is 2.33. The summed E-state index contributed by atoms with van der Waals surface area (Å²) in [5.41, 5.74) is 1.98. The quantitative estimate of drug-likeness (QED) is 0.565. The number of hydrogen-bond donors (Lipinski definition) is 0. The third-order valence-electron chi connectivity index (χ3n) is 5.56. The highest BCUT2D eigenvalue weighted by molar-refractivity contribution is 7.89. The highest BCUT2D eigenvalue weighted by atomic mass is 35.5. The molecule has 1 aliphatic heterocycles. The van der Waals surface area contributed by atoms with Gasteiger partial charge < -0.3 is 4.57 Å². The normalized spacial score (nSPS) is 18.5. The summed E-state index contributed by atoms with van der Waals surface area (Å²) >= 11 is 7.52. The second-order valence-electron chi connectivity index (χ2n) is 7.71. The van der Waals surface area contributed by atoms with Gasteiger partial charge in [0.2, 0.25) is 10.0 Å². The van der Waals surface area contributed by atoms with Crippen LogP contribution in [0.3, 0.4) is 0 Å². The third kappa shape index (κ3) is 4.48. The minimum atomic E-state index is -3.63. The molecule has 0 aliphatic carbocycles. The third-order valence-corrected chi connectivity index (χ3v) is 8.71. The van der Waals surface area contributed by atoms with Crippen LogP contribution in [0.15, 0.2) is 52.4 Å². The van der Waals surface area contributed by atoms with Crippen LogP contribution < -0.4 is 4.80 Å². The number of nitrogens with zero attached hydrogens (tertiary/aromatic N) is 3. The summed E-state index contributed by atoms with van der Waals surface area (Å²) in [4.78, 5) is 18.3. The standard InChI is InChI=1S/C22H24ClN3O3S2/c1-3-26-19-11-8-17(23)13-20(19)30-22(26)24-21(27)16-5-4-12-25(14-16)31(28,29)18-9-6-15(2)7-10-18/h6-11,13,16H,3-5,12,14H2,1-2H3. The molecule has 1 atom stereocenters. The van der Waals surface area contributed by atoms with Gasteiger partial charge >= 0.3 is 0 Å². The van der Waals surface area contributed by atoms with Crippen molar-refractivity contribution in [1.29, 1.82) is 0 Å². The Labute approximate surface area is 190 Å². The Morgan fingerprint density at radius 2 is 1.97 bits per heavy atom. The molecule has 0 bridgehead atoms. The van der Waals surface area contributed by atoms with Gasteiger partial charge in [0.1, 0.15) is 0 Å². The molecule has 2 aromatic carbocycles. The number of amides is 1. The van der Waals surface area contributed by atoms with Gasteiger partial charge in [0, 0.05) is 24.7 Å². The van der Waals surface area contributed by atoms with E-state index in [1.165, 1.54) is 15.6 Å². The van der Waals surface area contributed by atoms with E-state index < -0.39 is 15.9 Å². The second-order valence-corrected chi connectivity index (χ2v) is 11.1. The van der Waals surface area contributed by atoms with Crippen molar-refractivity contribution in [1.82, 2.24) is 8.87 Å². The fourth-order valence-electron chi connectivity index (χ4n) is 3.85. The maximum atomic E-state index is 13.0. The number of aromatic nitrogens is 1. The summed E-state index contributed by atoms with van der Waals surface area (Å²) in [5, 5.41) is 0.638. The number of rotatable bonds is 4. The van der Waals surface area contributed by atoms with Crippen molar-refractivity contribution in [3.63, 3.8) is 0 Å². The van der Waals surface area contributed by atoms with Crippen LogP contribution in [-0.4, -0.2) is 36.3 Å². The fraction of sp³-hybridized carbons (Fsp3) is 0.364. The first-order valence-corrected chi connectivity index (χ1v) is 12.9. The van der Waals surface area contributed by atoms with E-state index in [1.807, 2.05) is 36.6 Å². The number of carbonyl (C=O) groups is 1. The maximum Gasteiger partial charge on any atom is 0.252 e. The molecule has 0 radical (unpaired) electrons. The summed E-state index contributed by atoms with van der Waals surface area (Å²) in [6.45, 7) is 5.16. The summed E-state index contributed by atoms with van der Waals surface area (Å²) < 4.78 is 30.5. The number of hydrogen-bond acceptors (Lipinski definition) is 4. The molecular formula is C22H24ClN3O3S2. The van der Waals surface area contributed by atoms with Gasteiger partial charge in [-0.3, -0.25) is 4.79 Å². The fourth-order valence-corrected chi connectivity index (χ4v) is 6.74. The zero-order chi connectivity index (χ0) is 22.2. The Morgan fingerprint density at radius 1 is 1.23 bits per heavy atom. The molecule has 1 amide bonds. The Kier molecular flexibility index (Phi) is 6.35. The van der Waals surface area contributed by atoms with Crippen LogP contribution in [0.5, 0.6) is 0 Å². The van der Waals surface area contributed by atoms with E-state index in [1.54, 1.807) is 24.3 Å². The molecule has 3 aromatic rings. The minimum Gasteiger partial charge on any atom is -0.317 e. The van der Waals surface area contributed by atoms with Crippen LogP contribution in [0.4, 0.5) is 0 Å².